The summed E-state index contributed by atoms with van der Waals surface area (Å²) in [5.74, 6) is 0.604. The van der Waals surface area contributed by atoms with Gasteiger partial charge in [-0.1, -0.05) is 53.9 Å². The van der Waals surface area contributed by atoms with Crippen molar-refractivity contribution in [2.24, 2.45) is 11.3 Å². The zero-order valence-corrected chi connectivity index (χ0v) is 13.1. The largest absolute Gasteiger partial charge is 0.466 e. The lowest BCUT2D eigenvalue weighted by atomic mass is 9.84. The zero-order chi connectivity index (χ0) is 14.0. The quantitative estimate of drug-likeness (QED) is 0.430. The number of esters is 1. The summed E-state index contributed by atoms with van der Waals surface area (Å²) >= 11 is 0. The molecular formula is C16H32O2. The second-order valence-corrected chi connectivity index (χ2v) is 6.69. The number of unbranched alkanes of at least 4 members (excludes halogenated alkanes) is 3. The molecule has 0 saturated carbocycles. The average molecular weight is 256 g/mol. The highest BCUT2D eigenvalue weighted by Gasteiger charge is 2.15. The minimum atomic E-state index is -0.0194. The summed E-state index contributed by atoms with van der Waals surface area (Å²) in [5, 5.41) is 0. The third-order valence-electron chi connectivity index (χ3n) is 3.07. The van der Waals surface area contributed by atoms with Gasteiger partial charge in [-0.25, -0.2) is 0 Å². The standard InChI is InChI=1S/C16H32O2/c1-6-7-8-9-10-15(17)18-12-11-14(2)13-16(3,4)5/h14H,6-13H2,1-5H3. The molecule has 2 heteroatoms. The van der Waals surface area contributed by atoms with Gasteiger partial charge in [0.15, 0.2) is 0 Å². The van der Waals surface area contributed by atoms with Gasteiger partial charge in [-0.05, 0) is 30.6 Å². The minimum Gasteiger partial charge on any atom is -0.466 e. The van der Waals surface area contributed by atoms with E-state index in [2.05, 4.69) is 34.6 Å². The van der Waals surface area contributed by atoms with E-state index in [1.807, 2.05) is 0 Å². The molecule has 2 nitrogen and oxygen atoms in total. The van der Waals surface area contributed by atoms with Crippen molar-refractivity contribution in [1.82, 2.24) is 0 Å². The van der Waals surface area contributed by atoms with Crippen LogP contribution < -0.4 is 0 Å². The number of carbonyl (C=O) groups excluding carboxylic acids is 1. The molecule has 108 valence electrons. The Morgan fingerprint density at radius 3 is 2.39 bits per heavy atom. The molecule has 0 aromatic rings. The average Bonchev–Trinajstić information content (AvgIpc) is 2.22. The molecule has 1 atom stereocenters. The number of hydrogen-bond acceptors (Lipinski definition) is 2. The maximum absolute atomic E-state index is 11.5. The maximum atomic E-state index is 11.5. The molecule has 0 heterocycles. The monoisotopic (exact) mass is 256 g/mol. The van der Waals surface area contributed by atoms with Gasteiger partial charge in [-0.3, -0.25) is 4.79 Å². The Kier molecular flexibility index (Phi) is 9.13. The van der Waals surface area contributed by atoms with E-state index in [0.29, 0.717) is 24.4 Å². The summed E-state index contributed by atoms with van der Waals surface area (Å²) in [4.78, 5) is 11.5. The molecule has 0 aromatic heterocycles. The number of rotatable bonds is 9. The Morgan fingerprint density at radius 1 is 1.17 bits per heavy atom. The lowest BCUT2D eigenvalue weighted by molar-refractivity contribution is -0.144. The van der Waals surface area contributed by atoms with Gasteiger partial charge in [0.05, 0.1) is 6.61 Å². The topological polar surface area (TPSA) is 26.3 Å². The molecule has 0 N–H and O–H groups in total. The lowest BCUT2D eigenvalue weighted by Crippen LogP contribution is -2.14. The molecule has 0 amide bonds. The second kappa shape index (κ2) is 9.41. The van der Waals surface area contributed by atoms with Crippen LogP contribution in [0, 0.1) is 11.3 Å². The predicted molar refractivity (Wildman–Crippen MR) is 77.6 cm³/mol. The van der Waals surface area contributed by atoms with Crippen LogP contribution in [0.25, 0.3) is 0 Å². The molecule has 0 aromatic carbocycles. The molecule has 0 aliphatic heterocycles. The van der Waals surface area contributed by atoms with Crippen LogP contribution in [0.3, 0.4) is 0 Å². The van der Waals surface area contributed by atoms with Crippen molar-refractivity contribution >= 4 is 5.97 Å². The van der Waals surface area contributed by atoms with Crippen LogP contribution >= 0.6 is 0 Å². The van der Waals surface area contributed by atoms with Gasteiger partial charge in [0.1, 0.15) is 0 Å². The SMILES string of the molecule is CCCCCCC(=O)OCCC(C)CC(C)(C)C. The van der Waals surface area contributed by atoms with E-state index in [4.69, 9.17) is 4.74 Å². The predicted octanol–water partition coefficient (Wildman–Crippen LogP) is 4.96. The van der Waals surface area contributed by atoms with E-state index in [9.17, 15) is 4.79 Å². The molecule has 18 heavy (non-hydrogen) atoms. The van der Waals surface area contributed by atoms with Gasteiger partial charge < -0.3 is 4.74 Å². The second-order valence-electron chi connectivity index (χ2n) is 6.69. The Balaban J connectivity index is 3.50. The third kappa shape index (κ3) is 11.9. The first-order valence-corrected chi connectivity index (χ1v) is 7.50. The van der Waals surface area contributed by atoms with Crippen molar-refractivity contribution in [3.05, 3.63) is 0 Å². The first-order chi connectivity index (χ1) is 8.35. The van der Waals surface area contributed by atoms with Crippen molar-refractivity contribution < 1.29 is 9.53 Å². The van der Waals surface area contributed by atoms with Gasteiger partial charge in [0.2, 0.25) is 0 Å². The summed E-state index contributed by atoms with van der Waals surface area (Å²) in [5.41, 5.74) is 0.365. The van der Waals surface area contributed by atoms with Crippen molar-refractivity contribution in [3.63, 3.8) is 0 Å². The molecule has 0 aliphatic rings. The van der Waals surface area contributed by atoms with Crippen LogP contribution in [-0.4, -0.2) is 12.6 Å². The summed E-state index contributed by atoms with van der Waals surface area (Å²) < 4.78 is 5.27. The highest BCUT2D eigenvalue weighted by atomic mass is 16.5. The zero-order valence-electron chi connectivity index (χ0n) is 13.1. The fourth-order valence-electron chi connectivity index (χ4n) is 2.29. The van der Waals surface area contributed by atoms with Crippen LogP contribution in [-0.2, 0) is 9.53 Å². The lowest BCUT2D eigenvalue weighted by Gasteiger charge is -2.22. The van der Waals surface area contributed by atoms with Crippen LogP contribution in [0.2, 0.25) is 0 Å². The summed E-state index contributed by atoms with van der Waals surface area (Å²) in [6.45, 7) is 11.8. The van der Waals surface area contributed by atoms with Gasteiger partial charge in [0.25, 0.3) is 0 Å². The third-order valence-corrected chi connectivity index (χ3v) is 3.07. The molecule has 0 bridgehead atoms. The van der Waals surface area contributed by atoms with Crippen molar-refractivity contribution in [3.8, 4) is 0 Å². The van der Waals surface area contributed by atoms with Crippen LogP contribution in [0.4, 0.5) is 0 Å². The Bertz CT molecular complexity index is 216. The van der Waals surface area contributed by atoms with Crippen molar-refractivity contribution in [2.75, 3.05) is 6.61 Å². The number of carbonyl (C=O) groups is 1. The molecular weight excluding hydrogens is 224 g/mol. The Hall–Kier alpha value is -0.530. The van der Waals surface area contributed by atoms with Crippen LogP contribution in [0.1, 0.15) is 79.6 Å². The normalized spacial score (nSPS) is 13.4. The molecule has 0 spiro atoms. The molecule has 0 radical (unpaired) electrons. The highest BCUT2D eigenvalue weighted by molar-refractivity contribution is 5.69. The van der Waals surface area contributed by atoms with Gasteiger partial charge in [0, 0.05) is 6.42 Å². The fraction of sp³-hybridized carbons (Fsp3) is 0.938. The van der Waals surface area contributed by atoms with Crippen LogP contribution in [0.5, 0.6) is 0 Å². The molecule has 0 rings (SSSR count). The van der Waals surface area contributed by atoms with Crippen LogP contribution in [0.15, 0.2) is 0 Å². The molecule has 0 fully saturated rings. The highest BCUT2D eigenvalue weighted by Crippen LogP contribution is 2.25. The van der Waals surface area contributed by atoms with E-state index < -0.39 is 0 Å². The molecule has 0 aliphatic carbocycles. The van der Waals surface area contributed by atoms with E-state index in [-0.39, 0.29) is 5.97 Å². The fourth-order valence-corrected chi connectivity index (χ4v) is 2.29. The van der Waals surface area contributed by atoms with Crippen molar-refractivity contribution in [1.29, 1.82) is 0 Å². The van der Waals surface area contributed by atoms with E-state index in [1.54, 1.807) is 0 Å². The Labute approximate surface area is 113 Å². The number of ether oxygens (including phenoxy) is 1. The van der Waals surface area contributed by atoms with E-state index in [1.165, 1.54) is 19.3 Å². The minimum absolute atomic E-state index is 0.0194. The smallest absolute Gasteiger partial charge is 0.305 e. The first kappa shape index (κ1) is 17.5. The Morgan fingerprint density at radius 2 is 1.83 bits per heavy atom. The summed E-state index contributed by atoms with van der Waals surface area (Å²) in [7, 11) is 0. The van der Waals surface area contributed by atoms with E-state index in [0.717, 1.165) is 19.3 Å². The van der Waals surface area contributed by atoms with Gasteiger partial charge in [-0.2, -0.15) is 0 Å². The summed E-state index contributed by atoms with van der Waals surface area (Å²) in [6, 6.07) is 0. The maximum Gasteiger partial charge on any atom is 0.305 e. The van der Waals surface area contributed by atoms with E-state index >= 15 is 0 Å². The first-order valence-electron chi connectivity index (χ1n) is 7.50. The van der Waals surface area contributed by atoms with Gasteiger partial charge in [-0.15, -0.1) is 0 Å². The molecule has 1 unspecified atom stereocenters. The van der Waals surface area contributed by atoms with Gasteiger partial charge >= 0.3 is 5.97 Å². The number of hydrogen-bond donors (Lipinski definition) is 0. The summed E-state index contributed by atoms with van der Waals surface area (Å²) in [6.07, 6.45) is 7.30. The van der Waals surface area contributed by atoms with Crippen molar-refractivity contribution in [2.45, 2.75) is 79.6 Å². The molecule has 0 saturated heterocycles.